The molecule has 7 heteroatoms. The molecule has 0 spiro atoms. The van der Waals surface area contributed by atoms with Crippen LogP contribution >= 0.6 is 0 Å². The quantitative estimate of drug-likeness (QED) is 0.499. The van der Waals surface area contributed by atoms with Crippen LogP contribution in [-0.2, 0) is 14.3 Å². The Morgan fingerprint density at radius 2 is 2.00 bits per heavy atom. The maximum Gasteiger partial charge on any atom is 0.217 e. The first-order chi connectivity index (χ1) is 9.36. The second kappa shape index (κ2) is 7.90. The fourth-order valence-corrected chi connectivity index (χ4v) is 2.03. The summed E-state index contributed by atoms with van der Waals surface area (Å²) < 4.78 is 11.0. The molecule has 4 N–H and O–H groups in total. The number of carbonyl (C=O) groups is 1. The Balaban J connectivity index is 2.70. The van der Waals surface area contributed by atoms with Crippen LogP contribution in [-0.4, -0.2) is 65.1 Å². The largest absolute Gasteiger partial charge is 0.394 e. The van der Waals surface area contributed by atoms with Gasteiger partial charge in [0.1, 0.15) is 24.4 Å². The van der Waals surface area contributed by atoms with Gasteiger partial charge in [-0.3, -0.25) is 4.79 Å². The first-order valence-corrected chi connectivity index (χ1v) is 6.88. The van der Waals surface area contributed by atoms with Crippen LogP contribution in [0.4, 0.5) is 0 Å². The molecule has 118 valence electrons. The van der Waals surface area contributed by atoms with Crippen molar-refractivity contribution in [1.29, 1.82) is 0 Å². The molecule has 20 heavy (non-hydrogen) atoms. The lowest BCUT2D eigenvalue weighted by Gasteiger charge is -2.42. The molecule has 7 nitrogen and oxygen atoms in total. The fourth-order valence-electron chi connectivity index (χ4n) is 2.03. The predicted molar refractivity (Wildman–Crippen MR) is 70.8 cm³/mol. The molecule has 1 aliphatic heterocycles. The number of hydrogen-bond donors (Lipinski definition) is 4. The molecule has 0 aliphatic carbocycles. The van der Waals surface area contributed by atoms with Gasteiger partial charge >= 0.3 is 0 Å². The van der Waals surface area contributed by atoms with Crippen LogP contribution in [0.5, 0.6) is 0 Å². The van der Waals surface area contributed by atoms with Crippen molar-refractivity contribution in [2.75, 3.05) is 13.2 Å². The van der Waals surface area contributed by atoms with E-state index in [0.717, 1.165) is 6.42 Å². The van der Waals surface area contributed by atoms with Crippen LogP contribution in [0.3, 0.4) is 0 Å². The van der Waals surface area contributed by atoms with Gasteiger partial charge in [0, 0.05) is 6.92 Å². The highest BCUT2D eigenvalue weighted by molar-refractivity contribution is 5.73. The molecule has 0 aromatic rings. The van der Waals surface area contributed by atoms with Crippen molar-refractivity contribution in [3.63, 3.8) is 0 Å². The number of rotatable bonds is 6. The minimum atomic E-state index is -1.28. The summed E-state index contributed by atoms with van der Waals surface area (Å²) in [6, 6.07) is -0.863. The zero-order chi connectivity index (χ0) is 15.3. The standard InChI is InChI=1S/C13H25NO6/c1-7(2)4-5-19-13-10(14-8(3)16)12(18)11(17)9(6-15)20-13/h7,9-13,15,17-18H,4-6H2,1-3H3,(H,14,16)/t9-,10-,11-,12-,13-/m0/s1. The third-order valence-corrected chi connectivity index (χ3v) is 3.23. The van der Waals surface area contributed by atoms with Crippen molar-refractivity contribution >= 4 is 5.91 Å². The van der Waals surface area contributed by atoms with Gasteiger partial charge in [-0.15, -0.1) is 0 Å². The maximum absolute atomic E-state index is 11.2. The van der Waals surface area contributed by atoms with Crippen molar-refractivity contribution in [1.82, 2.24) is 5.32 Å². The Bertz CT molecular complexity index is 311. The first kappa shape index (κ1) is 17.3. The van der Waals surface area contributed by atoms with E-state index in [4.69, 9.17) is 14.6 Å². The van der Waals surface area contributed by atoms with Gasteiger partial charge in [-0.2, -0.15) is 0 Å². The van der Waals surface area contributed by atoms with Gasteiger partial charge in [0.05, 0.1) is 13.2 Å². The summed E-state index contributed by atoms with van der Waals surface area (Å²) in [6.07, 6.45) is -3.56. The third kappa shape index (κ3) is 4.68. The number of ether oxygens (including phenoxy) is 2. The monoisotopic (exact) mass is 291 g/mol. The summed E-state index contributed by atoms with van der Waals surface area (Å²) >= 11 is 0. The second-order valence-corrected chi connectivity index (χ2v) is 5.49. The van der Waals surface area contributed by atoms with E-state index in [-0.39, 0.29) is 5.91 Å². The Hall–Kier alpha value is -0.730. The molecule has 5 atom stereocenters. The minimum Gasteiger partial charge on any atom is -0.394 e. The number of aliphatic hydroxyl groups excluding tert-OH is 3. The minimum absolute atomic E-state index is 0.357. The van der Waals surface area contributed by atoms with E-state index in [9.17, 15) is 15.0 Å². The number of carbonyl (C=O) groups excluding carboxylic acids is 1. The Kier molecular flexibility index (Phi) is 6.84. The summed E-state index contributed by atoms with van der Waals surface area (Å²) in [7, 11) is 0. The number of nitrogens with one attached hydrogen (secondary N) is 1. The van der Waals surface area contributed by atoms with Crippen molar-refractivity contribution in [2.45, 2.75) is 57.8 Å². The normalized spacial score (nSPS) is 34.2. The highest BCUT2D eigenvalue weighted by atomic mass is 16.7. The van der Waals surface area contributed by atoms with Crippen LogP contribution in [0, 0.1) is 5.92 Å². The molecule has 0 aromatic heterocycles. The van der Waals surface area contributed by atoms with Gasteiger partial charge in [-0.05, 0) is 12.3 Å². The highest BCUT2D eigenvalue weighted by Crippen LogP contribution is 2.22. The van der Waals surface area contributed by atoms with Crippen LogP contribution in [0.15, 0.2) is 0 Å². The average molecular weight is 291 g/mol. The molecule has 1 aliphatic rings. The van der Waals surface area contributed by atoms with E-state index < -0.39 is 37.3 Å². The molecule has 0 radical (unpaired) electrons. The lowest BCUT2D eigenvalue weighted by atomic mass is 9.97. The molecule has 0 unspecified atom stereocenters. The molecule has 1 heterocycles. The second-order valence-electron chi connectivity index (χ2n) is 5.49. The van der Waals surface area contributed by atoms with Crippen LogP contribution in [0.25, 0.3) is 0 Å². The summed E-state index contributed by atoms with van der Waals surface area (Å²) in [5, 5.41) is 31.5. The molecule has 0 saturated carbocycles. The smallest absolute Gasteiger partial charge is 0.217 e. The molecule has 0 bridgehead atoms. The average Bonchev–Trinajstić information content (AvgIpc) is 2.36. The predicted octanol–water partition coefficient (Wildman–Crippen LogP) is -1.01. The molecule has 1 rings (SSSR count). The van der Waals surface area contributed by atoms with Gasteiger partial charge in [0.15, 0.2) is 6.29 Å². The van der Waals surface area contributed by atoms with Gasteiger partial charge in [0.25, 0.3) is 0 Å². The molecular weight excluding hydrogens is 266 g/mol. The molecular formula is C13H25NO6. The van der Waals surface area contributed by atoms with Crippen LogP contribution in [0.1, 0.15) is 27.2 Å². The number of aliphatic hydroxyl groups is 3. The van der Waals surface area contributed by atoms with Crippen LogP contribution < -0.4 is 5.32 Å². The zero-order valence-electron chi connectivity index (χ0n) is 12.2. The van der Waals surface area contributed by atoms with E-state index in [2.05, 4.69) is 5.32 Å². The summed E-state index contributed by atoms with van der Waals surface area (Å²) in [6.45, 7) is 5.37. The van der Waals surface area contributed by atoms with Gasteiger partial charge in [0.2, 0.25) is 5.91 Å². The third-order valence-electron chi connectivity index (χ3n) is 3.23. The van der Waals surface area contributed by atoms with Crippen molar-refractivity contribution in [2.24, 2.45) is 5.92 Å². The van der Waals surface area contributed by atoms with Crippen LogP contribution in [0.2, 0.25) is 0 Å². The van der Waals surface area contributed by atoms with Crippen molar-refractivity contribution in [3.8, 4) is 0 Å². The highest BCUT2D eigenvalue weighted by Gasteiger charge is 2.45. The van der Waals surface area contributed by atoms with Crippen molar-refractivity contribution in [3.05, 3.63) is 0 Å². The van der Waals surface area contributed by atoms with Crippen molar-refractivity contribution < 1.29 is 29.6 Å². The topological polar surface area (TPSA) is 108 Å². The van der Waals surface area contributed by atoms with E-state index in [1.807, 2.05) is 13.8 Å². The van der Waals surface area contributed by atoms with E-state index >= 15 is 0 Å². The lowest BCUT2D eigenvalue weighted by molar-refractivity contribution is -0.270. The Labute approximate surface area is 118 Å². The van der Waals surface area contributed by atoms with E-state index in [0.29, 0.717) is 12.5 Å². The van der Waals surface area contributed by atoms with Gasteiger partial charge in [-0.25, -0.2) is 0 Å². The molecule has 1 fully saturated rings. The summed E-state index contributed by atoms with van der Waals surface area (Å²) in [5.74, 6) is 0.0896. The Morgan fingerprint density at radius 3 is 2.50 bits per heavy atom. The maximum atomic E-state index is 11.2. The summed E-state index contributed by atoms with van der Waals surface area (Å²) in [5.41, 5.74) is 0. The molecule has 1 saturated heterocycles. The lowest BCUT2D eigenvalue weighted by Crippen LogP contribution is -2.64. The summed E-state index contributed by atoms with van der Waals surface area (Å²) in [4.78, 5) is 11.2. The number of amides is 1. The van der Waals surface area contributed by atoms with E-state index in [1.54, 1.807) is 0 Å². The van der Waals surface area contributed by atoms with Gasteiger partial charge in [-0.1, -0.05) is 13.8 Å². The first-order valence-electron chi connectivity index (χ1n) is 6.88. The number of hydrogen-bond acceptors (Lipinski definition) is 6. The Morgan fingerprint density at radius 1 is 1.35 bits per heavy atom. The van der Waals surface area contributed by atoms with E-state index in [1.165, 1.54) is 6.92 Å². The SMILES string of the molecule is CC(=O)N[C@@H]1[C@@H](OCCC(C)C)O[C@@H](CO)[C@H](O)[C@H]1O. The zero-order valence-corrected chi connectivity index (χ0v) is 12.2. The molecule has 1 amide bonds. The molecule has 0 aromatic carbocycles. The van der Waals surface area contributed by atoms with Gasteiger partial charge < -0.3 is 30.1 Å². The fraction of sp³-hybridized carbons (Fsp3) is 0.923.